The van der Waals surface area contributed by atoms with Crippen LogP contribution in [0.3, 0.4) is 0 Å². The Balaban J connectivity index is 1.07. The zero-order valence-corrected chi connectivity index (χ0v) is 27.3. The van der Waals surface area contributed by atoms with Crippen molar-refractivity contribution in [2.75, 3.05) is 36.1 Å². The fraction of sp³-hybridized carbons (Fsp3) is 0.387. The Bertz CT molecular complexity index is 2190. The van der Waals surface area contributed by atoms with Crippen LogP contribution in [0.25, 0.3) is 10.9 Å². The van der Waals surface area contributed by atoms with Crippen molar-refractivity contribution in [3.05, 3.63) is 70.3 Å². The van der Waals surface area contributed by atoms with Crippen LogP contribution in [0.5, 0.6) is 11.5 Å². The first-order valence-electron chi connectivity index (χ1n) is 15.8. The van der Waals surface area contributed by atoms with Gasteiger partial charge in [0.2, 0.25) is 5.43 Å². The number of hydrogen-bond donors (Lipinski definition) is 3. The lowest BCUT2D eigenvalue weighted by molar-refractivity contribution is 0.00780. The number of carbonyl (C=O) groups excluding carboxylic acids is 1. The third-order valence-electron chi connectivity index (χ3n) is 9.35. The molecule has 20 heteroatoms. The van der Waals surface area contributed by atoms with Crippen molar-refractivity contribution in [2.45, 2.75) is 49.6 Å². The summed E-state index contributed by atoms with van der Waals surface area (Å²) in [5.74, 6) is -3.57. The van der Waals surface area contributed by atoms with E-state index in [0.717, 1.165) is 12.1 Å². The van der Waals surface area contributed by atoms with Gasteiger partial charge in [0.15, 0.2) is 23.1 Å². The van der Waals surface area contributed by atoms with Crippen LogP contribution in [0.1, 0.15) is 35.7 Å². The van der Waals surface area contributed by atoms with Gasteiger partial charge in [0, 0.05) is 30.9 Å². The zero-order valence-electron chi connectivity index (χ0n) is 26.4. The lowest BCUT2D eigenvalue weighted by Crippen LogP contribution is -2.42. The largest absolute Gasteiger partial charge is 0.487 e. The number of carboxylic acids is 1. The van der Waals surface area contributed by atoms with E-state index in [4.69, 9.17) is 18.7 Å². The highest BCUT2D eigenvalue weighted by Gasteiger charge is 2.53. The maximum atomic E-state index is 16.0. The summed E-state index contributed by atoms with van der Waals surface area (Å²) in [6.07, 6.45) is 4.34. The van der Waals surface area contributed by atoms with Crippen molar-refractivity contribution < 1.29 is 56.6 Å². The Labute approximate surface area is 285 Å². The molecule has 8 rings (SSSR count). The van der Waals surface area contributed by atoms with Gasteiger partial charge in [-0.25, -0.2) is 27.6 Å². The van der Waals surface area contributed by atoms with Crippen LogP contribution in [0.15, 0.2) is 47.7 Å². The molecule has 4 aromatic rings. The number of fused-ring (bicyclic) bond motifs is 5. The summed E-state index contributed by atoms with van der Waals surface area (Å²) in [4.78, 5) is 60.0. The van der Waals surface area contributed by atoms with Gasteiger partial charge in [0.25, 0.3) is 0 Å². The number of halogens is 2. The molecule has 3 fully saturated rings. The average Bonchev–Trinajstić information content (AvgIpc) is 3.47. The highest BCUT2D eigenvalue weighted by molar-refractivity contribution is 7.46. The van der Waals surface area contributed by atoms with E-state index in [-0.39, 0.29) is 72.5 Å². The molecule has 1 amide bonds. The molecule has 2 saturated heterocycles. The predicted molar refractivity (Wildman–Crippen MR) is 170 cm³/mol. The maximum absolute atomic E-state index is 16.0. The Morgan fingerprint density at radius 3 is 2.63 bits per heavy atom. The Morgan fingerprint density at radius 2 is 1.94 bits per heavy atom. The van der Waals surface area contributed by atoms with Crippen molar-refractivity contribution in [1.82, 2.24) is 19.6 Å². The van der Waals surface area contributed by atoms with Crippen LogP contribution in [0.4, 0.5) is 25.0 Å². The molecular weight excluding hydrogens is 701 g/mol. The summed E-state index contributed by atoms with van der Waals surface area (Å²) >= 11 is 0. The molecular formula is C31H29F2N6O11P. The number of phosphoric acid groups is 1. The number of nitrogens with zero attached hydrogens (tertiary/aromatic N) is 6. The first-order valence-corrected chi connectivity index (χ1v) is 17.4. The average molecular weight is 731 g/mol. The normalized spacial score (nSPS) is 22.9. The second-order valence-corrected chi connectivity index (χ2v) is 14.1. The van der Waals surface area contributed by atoms with Gasteiger partial charge in [-0.3, -0.25) is 14.2 Å². The summed E-state index contributed by atoms with van der Waals surface area (Å²) in [6, 6.07) is 3.86. The van der Waals surface area contributed by atoms with Crippen molar-refractivity contribution in [3.63, 3.8) is 0 Å². The van der Waals surface area contributed by atoms with Crippen molar-refractivity contribution in [2.24, 2.45) is 0 Å². The predicted octanol–water partition coefficient (Wildman–Crippen LogP) is 2.83. The number of aromatic nitrogens is 4. The number of ether oxygens (including phenoxy) is 3. The molecule has 0 bridgehead atoms. The Morgan fingerprint density at radius 1 is 1.14 bits per heavy atom. The molecule has 51 heavy (non-hydrogen) atoms. The molecule has 0 spiro atoms. The fourth-order valence-electron chi connectivity index (χ4n) is 7.07. The zero-order chi connectivity index (χ0) is 35.8. The lowest BCUT2D eigenvalue weighted by atomic mass is 10.0. The van der Waals surface area contributed by atoms with Gasteiger partial charge in [-0.05, 0) is 31.0 Å². The van der Waals surface area contributed by atoms with Crippen LogP contribution >= 0.6 is 7.82 Å². The fourth-order valence-corrected chi connectivity index (χ4v) is 7.76. The molecule has 0 radical (unpaired) electrons. The monoisotopic (exact) mass is 730 g/mol. The number of carboxylic acid groups (broad SMARTS) is 1. The number of rotatable bonds is 10. The van der Waals surface area contributed by atoms with Crippen molar-refractivity contribution in [3.8, 4) is 11.5 Å². The third-order valence-corrected chi connectivity index (χ3v) is 9.98. The number of cyclic esters (lactones) is 1. The number of pyridine rings is 1. The van der Waals surface area contributed by atoms with Gasteiger partial charge in [-0.15, -0.1) is 5.10 Å². The summed E-state index contributed by atoms with van der Waals surface area (Å²) in [5.41, 5.74) is -2.89. The van der Waals surface area contributed by atoms with Gasteiger partial charge in [-0.1, -0.05) is 5.21 Å². The maximum Gasteiger partial charge on any atom is 0.470 e. The van der Waals surface area contributed by atoms with Gasteiger partial charge >= 0.3 is 19.9 Å². The van der Waals surface area contributed by atoms with E-state index in [1.165, 1.54) is 39.0 Å². The molecule has 2 aromatic carbocycles. The third kappa shape index (κ3) is 6.05. The van der Waals surface area contributed by atoms with Crippen LogP contribution in [0, 0.1) is 11.6 Å². The summed E-state index contributed by atoms with van der Waals surface area (Å²) in [6.45, 7) is -0.652. The molecule has 3 N–H and O–H groups in total. The van der Waals surface area contributed by atoms with Gasteiger partial charge in [-0.2, -0.15) is 0 Å². The molecule has 4 aliphatic rings. The van der Waals surface area contributed by atoms with Crippen molar-refractivity contribution in [1.29, 1.82) is 0 Å². The highest BCUT2D eigenvalue weighted by Crippen LogP contribution is 2.52. The smallest absolute Gasteiger partial charge is 0.470 e. The quantitative estimate of drug-likeness (QED) is 0.201. The minimum atomic E-state index is -5.20. The Kier molecular flexibility index (Phi) is 7.78. The second kappa shape index (κ2) is 12.0. The van der Waals surface area contributed by atoms with Gasteiger partial charge in [0.1, 0.15) is 36.2 Å². The molecule has 2 aromatic heterocycles. The lowest BCUT2D eigenvalue weighted by Gasteiger charge is -2.35. The molecule has 1 aliphatic carbocycles. The van der Waals surface area contributed by atoms with Gasteiger partial charge < -0.3 is 38.6 Å². The van der Waals surface area contributed by atoms with E-state index in [2.05, 4.69) is 10.3 Å². The molecule has 268 valence electrons. The van der Waals surface area contributed by atoms with Crippen molar-refractivity contribution >= 4 is 42.2 Å². The van der Waals surface area contributed by atoms with Crippen LogP contribution in [-0.4, -0.2) is 90.6 Å². The van der Waals surface area contributed by atoms with E-state index in [1.807, 2.05) is 0 Å². The number of hydrogen-bond acceptors (Lipinski definition) is 11. The molecule has 0 unspecified atom stereocenters. The van der Waals surface area contributed by atoms with E-state index < -0.39 is 66.9 Å². The number of phosphoric ester groups is 1. The number of amides is 1. The first-order chi connectivity index (χ1) is 24.3. The topological polar surface area (TPSA) is 208 Å². The second-order valence-electron chi connectivity index (χ2n) is 13.0. The number of benzene rings is 2. The summed E-state index contributed by atoms with van der Waals surface area (Å²) in [7, 11) is -5.20. The van der Waals surface area contributed by atoms with E-state index in [0.29, 0.717) is 12.8 Å². The Hall–Kier alpha value is -5.10. The van der Waals surface area contributed by atoms with Crippen LogP contribution in [-0.2, 0) is 20.4 Å². The molecule has 17 nitrogen and oxygen atoms in total. The number of anilines is 2. The molecule has 1 saturated carbocycles. The van der Waals surface area contributed by atoms with Crippen LogP contribution < -0.4 is 24.7 Å². The summed E-state index contributed by atoms with van der Waals surface area (Å²) in [5, 5.41) is 17.0. The first kappa shape index (κ1) is 33.1. The highest BCUT2D eigenvalue weighted by atomic mass is 31.2. The number of aromatic carboxylic acids is 1. The molecule has 5 heterocycles. The van der Waals surface area contributed by atoms with E-state index in [9.17, 15) is 33.8 Å². The van der Waals surface area contributed by atoms with E-state index >= 15 is 8.78 Å². The van der Waals surface area contributed by atoms with E-state index in [1.54, 1.807) is 10.8 Å². The minimum Gasteiger partial charge on any atom is -0.487 e. The SMILES string of the molecule is O=C(O)c1cn(C2CC2)c2c3c(c(F)cc2c1=O)N1C[C@@](COc2ccc(N4C[C@@H](Cn5ccnn5)OC4=O)cc2F)(OP(=O)(O)O)C[C@@H]1CO3. The van der Waals surface area contributed by atoms with Crippen LogP contribution in [0.2, 0.25) is 0 Å². The standard InChI is InChI=1S/C31H29F2N6O11P/c32-22-7-17(38-11-19(49-30(38)43)10-36-6-5-34-35-36)3-4-24(22)48-15-31(50-51(44,45)46)9-18-13-47-28-25-20(8-23(33)26(28)39(18)14-31)27(40)21(29(41)42)12-37(25)16-1-2-16/h3-8,12,16,18-19H,1-2,9-11,13-15H2,(H,41,42)(H2,44,45,46)/t18-,19-,31+/m1/s1. The molecule has 3 aliphatic heterocycles. The number of carbonyl (C=O) groups is 2. The summed E-state index contributed by atoms with van der Waals surface area (Å²) < 4.78 is 69.2. The molecule has 3 atom stereocenters. The minimum absolute atomic E-state index is 0.0133. The van der Waals surface area contributed by atoms with Gasteiger partial charge in [0.05, 0.1) is 48.5 Å².